The molecule has 3 N–H and O–H groups in total. The predicted molar refractivity (Wildman–Crippen MR) is 145 cm³/mol. The van der Waals surface area contributed by atoms with Gasteiger partial charge in [0.2, 0.25) is 0 Å². The van der Waals surface area contributed by atoms with Crippen LogP contribution in [-0.2, 0) is 4.74 Å². The molecule has 1 fully saturated rings. The molecule has 5 aromatic rings. The number of hydrogen-bond donors (Lipinski definition) is 3. The normalized spacial score (nSPS) is 14.3. The molecule has 1 aliphatic heterocycles. The number of phenolic OH excluding ortho intramolecular Hbond substituents is 1. The fourth-order valence-corrected chi connectivity index (χ4v) is 5.52. The summed E-state index contributed by atoms with van der Waals surface area (Å²) in [5, 5.41) is 24.9. The number of nitrogens with zero attached hydrogens (tertiary/aromatic N) is 3. The van der Waals surface area contributed by atoms with Crippen LogP contribution in [0, 0.1) is 0 Å². The lowest BCUT2D eigenvalue weighted by atomic mass is 10.1. The second-order valence-corrected chi connectivity index (χ2v) is 9.87. The van der Waals surface area contributed by atoms with Gasteiger partial charge in [-0.1, -0.05) is 12.1 Å². The molecular formula is C28H24N4O4S. The van der Waals surface area contributed by atoms with Gasteiger partial charge < -0.3 is 24.8 Å². The Morgan fingerprint density at radius 1 is 1.03 bits per heavy atom. The molecule has 0 amide bonds. The fourth-order valence-electron chi connectivity index (χ4n) is 4.56. The molecule has 0 spiro atoms. The Kier molecular flexibility index (Phi) is 6.17. The first-order valence-corrected chi connectivity index (χ1v) is 12.7. The van der Waals surface area contributed by atoms with Gasteiger partial charge in [-0.15, -0.1) is 0 Å². The number of pyridine rings is 1. The first kappa shape index (κ1) is 23.4. The molecule has 0 radical (unpaired) electrons. The summed E-state index contributed by atoms with van der Waals surface area (Å²) in [4.78, 5) is 17.6. The second kappa shape index (κ2) is 9.78. The molecule has 3 heterocycles. The van der Waals surface area contributed by atoms with Crippen molar-refractivity contribution in [1.29, 1.82) is 0 Å². The molecule has 6 rings (SSSR count). The molecule has 3 aromatic carbocycles. The van der Waals surface area contributed by atoms with E-state index in [1.54, 1.807) is 42.3 Å². The Balaban J connectivity index is 1.51. The lowest BCUT2D eigenvalue weighted by Crippen LogP contribution is -2.31. The third-order valence-corrected chi connectivity index (χ3v) is 7.51. The Morgan fingerprint density at radius 3 is 2.70 bits per heavy atom. The van der Waals surface area contributed by atoms with Gasteiger partial charge in [-0.25, -0.2) is 9.10 Å². The van der Waals surface area contributed by atoms with E-state index in [1.807, 2.05) is 42.7 Å². The number of ether oxygens (including phenoxy) is 1. The van der Waals surface area contributed by atoms with Crippen molar-refractivity contribution in [3.8, 4) is 11.4 Å². The van der Waals surface area contributed by atoms with Crippen LogP contribution in [0.1, 0.15) is 10.4 Å². The summed E-state index contributed by atoms with van der Waals surface area (Å²) in [7, 11) is 0. The van der Waals surface area contributed by atoms with Gasteiger partial charge in [0.05, 0.1) is 46.1 Å². The molecule has 37 heavy (non-hydrogen) atoms. The Labute approximate surface area is 217 Å². The third kappa shape index (κ3) is 4.60. The van der Waals surface area contributed by atoms with Crippen LogP contribution in [0.3, 0.4) is 0 Å². The van der Waals surface area contributed by atoms with E-state index in [0.717, 1.165) is 51.2 Å². The highest BCUT2D eigenvalue weighted by Gasteiger charge is 2.19. The van der Waals surface area contributed by atoms with Crippen molar-refractivity contribution in [2.45, 2.75) is 4.90 Å². The van der Waals surface area contributed by atoms with E-state index in [1.165, 1.54) is 0 Å². The Morgan fingerprint density at radius 2 is 1.86 bits per heavy atom. The molecule has 0 saturated carbocycles. The number of nitrogens with one attached hydrogen (secondary N) is 1. The number of morpholine rings is 1. The summed E-state index contributed by atoms with van der Waals surface area (Å²) >= 11 is 1.59. The molecule has 1 aliphatic rings. The smallest absolute Gasteiger partial charge is 0.337 e. The van der Waals surface area contributed by atoms with Crippen LogP contribution in [0.25, 0.3) is 27.5 Å². The lowest BCUT2D eigenvalue weighted by molar-refractivity contribution is 0.0698. The highest BCUT2D eigenvalue weighted by Crippen LogP contribution is 2.39. The van der Waals surface area contributed by atoms with Crippen LogP contribution in [0.4, 0.5) is 11.4 Å². The van der Waals surface area contributed by atoms with Gasteiger partial charge in [0.25, 0.3) is 0 Å². The van der Waals surface area contributed by atoms with Crippen LogP contribution in [0.2, 0.25) is 0 Å². The summed E-state index contributed by atoms with van der Waals surface area (Å²) in [6.07, 6.45) is 3.81. The zero-order valence-corrected chi connectivity index (χ0v) is 20.6. The van der Waals surface area contributed by atoms with E-state index in [-0.39, 0.29) is 11.3 Å². The van der Waals surface area contributed by atoms with E-state index in [9.17, 15) is 15.0 Å². The average molecular weight is 513 g/mol. The number of rotatable bonds is 6. The predicted octanol–water partition coefficient (Wildman–Crippen LogP) is 5.67. The molecule has 0 bridgehead atoms. The van der Waals surface area contributed by atoms with E-state index in [0.29, 0.717) is 18.9 Å². The topological polar surface area (TPSA) is 99.9 Å². The Bertz CT molecular complexity index is 1630. The fraction of sp³-hybridized carbons (Fsp3) is 0.143. The molecule has 9 heteroatoms. The lowest BCUT2D eigenvalue weighted by Gasteiger charge is -2.26. The molecule has 8 nitrogen and oxygen atoms in total. The molecular weight excluding hydrogens is 488 g/mol. The minimum atomic E-state index is -0.994. The van der Waals surface area contributed by atoms with Crippen molar-refractivity contribution in [3.63, 3.8) is 0 Å². The molecule has 0 unspecified atom stereocenters. The average Bonchev–Trinajstić information content (AvgIpc) is 3.33. The van der Waals surface area contributed by atoms with Crippen molar-refractivity contribution >= 4 is 51.1 Å². The molecule has 0 aliphatic carbocycles. The standard InChI is InChI=1S/C28H24N4O4S/c33-20-6-8-25-18(15-20)9-10-32(25)19-5-7-23-22(16-19)27(30-24-4-2-1-3-21(24)28(34)35)26(17-29-23)37-31-11-13-36-14-12-31/h1-10,15-17,33H,11-14H2,(H,29,30)(H,34,35). The van der Waals surface area contributed by atoms with Gasteiger partial charge >= 0.3 is 5.97 Å². The van der Waals surface area contributed by atoms with E-state index in [2.05, 4.69) is 20.3 Å². The highest BCUT2D eigenvalue weighted by molar-refractivity contribution is 7.97. The first-order valence-electron chi connectivity index (χ1n) is 11.9. The van der Waals surface area contributed by atoms with Gasteiger partial charge in [-0.2, -0.15) is 0 Å². The zero-order valence-electron chi connectivity index (χ0n) is 19.8. The summed E-state index contributed by atoms with van der Waals surface area (Å²) in [6, 6.07) is 20.2. The van der Waals surface area contributed by atoms with Crippen molar-refractivity contribution < 1.29 is 19.7 Å². The third-order valence-electron chi connectivity index (χ3n) is 6.38. The van der Waals surface area contributed by atoms with E-state index < -0.39 is 5.97 Å². The zero-order chi connectivity index (χ0) is 25.4. The van der Waals surface area contributed by atoms with Crippen LogP contribution < -0.4 is 5.32 Å². The summed E-state index contributed by atoms with van der Waals surface area (Å²) in [5.74, 6) is -0.770. The molecule has 2 aromatic heterocycles. The number of carboxylic acids is 1. The number of carboxylic acid groups (broad SMARTS) is 1. The minimum Gasteiger partial charge on any atom is -0.508 e. The van der Waals surface area contributed by atoms with Crippen LogP contribution in [-0.4, -0.2) is 56.3 Å². The second-order valence-electron chi connectivity index (χ2n) is 8.74. The van der Waals surface area contributed by atoms with Crippen LogP contribution in [0.15, 0.2) is 84.0 Å². The molecule has 186 valence electrons. The maximum atomic E-state index is 11.9. The number of phenols is 1. The van der Waals surface area contributed by atoms with Gasteiger partial charge in [-0.05, 0) is 66.5 Å². The van der Waals surface area contributed by atoms with E-state index >= 15 is 0 Å². The van der Waals surface area contributed by atoms with Crippen LogP contribution >= 0.6 is 11.9 Å². The SMILES string of the molecule is O=C(O)c1ccccc1Nc1c(SN2CCOCC2)cnc2ccc(-n3ccc4cc(O)ccc43)cc12. The van der Waals surface area contributed by atoms with Crippen molar-refractivity contribution in [2.75, 3.05) is 31.6 Å². The molecule has 0 atom stereocenters. The number of hydrogen-bond acceptors (Lipinski definition) is 7. The first-order chi connectivity index (χ1) is 18.1. The van der Waals surface area contributed by atoms with Crippen molar-refractivity contribution in [3.05, 3.63) is 84.7 Å². The van der Waals surface area contributed by atoms with E-state index in [4.69, 9.17) is 9.72 Å². The van der Waals surface area contributed by atoms with Gasteiger partial charge in [0.15, 0.2) is 0 Å². The number of aromatic hydroxyl groups is 1. The molecule has 1 saturated heterocycles. The maximum absolute atomic E-state index is 11.9. The number of para-hydroxylation sites is 1. The summed E-state index contributed by atoms with van der Waals surface area (Å²) in [5.41, 5.74) is 4.19. The number of aromatic carboxylic acids is 1. The Hall–Kier alpha value is -4.05. The number of benzene rings is 3. The van der Waals surface area contributed by atoms with Gasteiger partial charge in [0.1, 0.15) is 5.75 Å². The maximum Gasteiger partial charge on any atom is 0.337 e. The van der Waals surface area contributed by atoms with Gasteiger partial charge in [0, 0.05) is 41.9 Å². The van der Waals surface area contributed by atoms with Crippen molar-refractivity contribution in [1.82, 2.24) is 13.9 Å². The number of carbonyl (C=O) groups is 1. The highest BCUT2D eigenvalue weighted by atomic mass is 32.2. The number of fused-ring (bicyclic) bond motifs is 2. The number of anilines is 2. The summed E-state index contributed by atoms with van der Waals surface area (Å²) in [6.45, 7) is 2.91. The summed E-state index contributed by atoms with van der Waals surface area (Å²) < 4.78 is 9.80. The quantitative estimate of drug-likeness (QED) is 0.251. The minimum absolute atomic E-state index is 0.196. The number of aromatic nitrogens is 2. The van der Waals surface area contributed by atoms with Gasteiger partial charge in [-0.3, -0.25) is 4.98 Å². The van der Waals surface area contributed by atoms with Crippen LogP contribution in [0.5, 0.6) is 5.75 Å². The monoisotopic (exact) mass is 512 g/mol. The van der Waals surface area contributed by atoms with Crippen molar-refractivity contribution in [2.24, 2.45) is 0 Å². The largest absolute Gasteiger partial charge is 0.508 e.